The highest BCUT2D eigenvalue weighted by molar-refractivity contribution is 7.11. The van der Waals surface area contributed by atoms with Crippen LogP contribution in [-0.4, -0.2) is 11.0 Å². The maximum Gasteiger partial charge on any atom is 0.0900 e. The number of thiazole rings is 1. The second kappa shape index (κ2) is 5.28. The number of aromatic nitrogens is 1. The molecule has 1 aromatic rings. The van der Waals surface area contributed by atoms with Gasteiger partial charge in [0.2, 0.25) is 0 Å². The second-order valence-electron chi connectivity index (χ2n) is 5.05. The topological polar surface area (TPSA) is 24.9 Å². The Labute approximate surface area is 102 Å². The van der Waals surface area contributed by atoms with E-state index >= 15 is 0 Å². The van der Waals surface area contributed by atoms with E-state index in [1.54, 1.807) is 11.3 Å². The largest absolute Gasteiger partial charge is 0.309 e. The van der Waals surface area contributed by atoms with Crippen molar-refractivity contribution in [1.29, 1.82) is 0 Å². The third-order valence-electron chi connectivity index (χ3n) is 3.53. The lowest BCUT2D eigenvalue weighted by molar-refractivity contribution is 0.265. The summed E-state index contributed by atoms with van der Waals surface area (Å²) < 4.78 is 0. The molecule has 1 aliphatic carbocycles. The van der Waals surface area contributed by atoms with Gasteiger partial charge in [0.1, 0.15) is 0 Å². The predicted molar refractivity (Wildman–Crippen MR) is 69.8 cm³/mol. The molecule has 0 bridgehead atoms. The van der Waals surface area contributed by atoms with Gasteiger partial charge in [0.15, 0.2) is 0 Å². The summed E-state index contributed by atoms with van der Waals surface area (Å²) in [6, 6.07) is 0.631. The molecule has 1 N–H and O–H groups in total. The van der Waals surface area contributed by atoms with Crippen molar-refractivity contribution >= 4 is 11.3 Å². The highest BCUT2D eigenvalue weighted by atomic mass is 32.1. The fraction of sp³-hybridized carbons (Fsp3) is 0.769. The molecule has 3 heteroatoms. The molecule has 1 unspecified atom stereocenters. The lowest BCUT2D eigenvalue weighted by atomic mass is 9.81. The van der Waals surface area contributed by atoms with Crippen molar-refractivity contribution < 1.29 is 0 Å². The van der Waals surface area contributed by atoms with Crippen LogP contribution in [0.2, 0.25) is 0 Å². The number of nitrogens with zero attached hydrogens (tertiary/aromatic N) is 1. The van der Waals surface area contributed by atoms with Crippen molar-refractivity contribution in [2.75, 3.05) is 0 Å². The Balaban J connectivity index is 1.75. The van der Waals surface area contributed by atoms with E-state index in [-0.39, 0.29) is 0 Å². The molecule has 0 saturated heterocycles. The summed E-state index contributed by atoms with van der Waals surface area (Å²) in [4.78, 5) is 5.91. The quantitative estimate of drug-likeness (QED) is 0.850. The molecule has 1 aromatic heterocycles. The SMILES string of the molecule is Cc1nc(CNC(C)CC2CCC2)c(C)s1. The average molecular weight is 238 g/mol. The van der Waals surface area contributed by atoms with Crippen molar-refractivity contribution in [1.82, 2.24) is 10.3 Å². The summed E-state index contributed by atoms with van der Waals surface area (Å²) >= 11 is 1.80. The first-order valence-electron chi connectivity index (χ1n) is 6.31. The maximum absolute atomic E-state index is 4.55. The van der Waals surface area contributed by atoms with Crippen LogP contribution in [0.5, 0.6) is 0 Å². The van der Waals surface area contributed by atoms with Crippen molar-refractivity contribution in [3.8, 4) is 0 Å². The van der Waals surface area contributed by atoms with Crippen molar-refractivity contribution in [3.05, 3.63) is 15.6 Å². The third-order valence-corrected chi connectivity index (χ3v) is 4.46. The molecular formula is C13H22N2S. The zero-order chi connectivity index (χ0) is 11.5. The van der Waals surface area contributed by atoms with Gasteiger partial charge in [-0.3, -0.25) is 0 Å². The Bertz CT molecular complexity index is 342. The van der Waals surface area contributed by atoms with Crippen LogP contribution in [0.25, 0.3) is 0 Å². The van der Waals surface area contributed by atoms with E-state index in [1.165, 1.54) is 41.3 Å². The van der Waals surface area contributed by atoms with Crippen LogP contribution in [-0.2, 0) is 6.54 Å². The first-order chi connectivity index (χ1) is 7.65. The highest BCUT2D eigenvalue weighted by Crippen LogP contribution is 2.30. The molecule has 16 heavy (non-hydrogen) atoms. The molecule has 0 radical (unpaired) electrons. The van der Waals surface area contributed by atoms with Crippen LogP contribution in [0.15, 0.2) is 0 Å². The van der Waals surface area contributed by atoms with E-state index in [0.29, 0.717) is 6.04 Å². The summed E-state index contributed by atoms with van der Waals surface area (Å²) in [6.45, 7) is 7.48. The van der Waals surface area contributed by atoms with Gasteiger partial charge in [0.05, 0.1) is 10.7 Å². The minimum absolute atomic E-state index is 0.631. The van der Waals surface area contributed by atoms with Crippen LogP contribution in [0.3, 0.4) is 0 Å². The number of aryl methyl sites for hydroxylation is 2. The van der Waals surface area contributed by atoms with Crippen LogP contribution in [0.4, 0.5) is 0 Å². The van der Waals surface area contributed by atoms with E-state index in [9.17, 15) is 0 Å². The maximum atomic E-state index is 4.55. The summed E-state index contributed by atoms with van der Waals surface area (Å²) in [6.07, 6.45) is 5.67. The van der Waals surface area contributed by atoms with E-state index < -0.39 is 0 Å². The van der Waals surface area contributed by atoms with Gasteiger partial charge in [-0.2, -0.15) is 0 Å². The summed E-state index contributed by atoms with van der Waals surface area (Å²) in [5, 5.41) is 4.78. The summed E-state index contributed by atoms with van der Waals surface area (Å²) in [5.41, 5.74) is 1.24. The van der Waals surface area contributed by atoms with E-state index in [0.717, 1.165) is 12.5 Å². The van der Waals surface area contributed by atoms with Gasteiger partial charge in [0.25, 0.3) is 0 Å². The van der Waals surface area contributed by atoms with Gasteiger partial charge in [-0.1, -0.05) is 19.3 Å². The Morgan fingerprint density at radius 2 is 2.19 bits per heavy atom. The Hall–Kier alpha value is -0.410. The molecule has 1 heterocycles. The Morgan fingerprint density at radius 1 is 1.44 bits per heavy atom. The van der Waals surface area contributed by atoms with E-state index in [2.05, 4.69) is 31.1 Å². The fourth-order valence-corrected chi connectivity index (χ4v) is 3.15. The van der Waals surface area contributed by atoms with Gasteiger partial charge in [-0.25, -0.2) is 4.98 Å². The molecule has 2 nitrogen and oxygen atoms in total. The van der Waals surface area contributed by atoms with Gasteiger partial charge >= 0.3 is 0 Å². The molecule has 0 amide bonds. The zero-order valence-electron chi connectivity index (χ0n) is 10.5. The third kappa shape index (κ3) is 3.05. The molecular weight excluding hydrogens is 216 g/mol. The lowest BCUT2D eigenvalue weighted by Crippen LogP contribution is -2.30. The normalized spacial score (nSPS) is 18.4. The predicted octanol–water partition coefficient (Wildman–Crippen LogP) is 3.43. The highest BCUT2D eigenvalue weighted by Gasteiger charge is 2.19. The van der Waals surface area contributed by atoms with Gasteiger partial charge in [-0.05, 0) is 33.1 Å². The molecule has 1 fully saturated rings. The number of hydrogen-bond acceptors (Lipinski definition) is 3. The molecule has 1 saturated carbocycles. The molecule has 1 atom stereocenters. The van der Waals surface area contributed by atoms with Gasteiger partial charge < -0.3 is 5.32 Å². The van der Waals surface area contributed by atoms with Crippen LogP contribution in [0, 0.1) is 19.8 Å². The summed E-state index contributed by atoms with van der Waals surface area (Å²) in [5.74, 6) is 0.987. The molecule has 2 rings (SSSR count). The second-order valence-corrected chi connectivity index (χ2v) is 6.46. The standard InChI is InChI=1S/C13H22N2S/c1-9(7-12-5-4-6-12)14-8-13-10(2)16-11(3)15-13/h9,12,14H,4-8H2,1-3H3. The van der Waals surface area contributed by atoms with Crippen LogP contribution >= 0.6 is 11.3 Å². The van der Waals surface area contributed by atoms with Crippen LogP contribution in [0.1, 0.15) is 48.2 Å². The molecule has 0 aliphatic heterocycles. The number of hydrogen-bond donors (Lipinski definition) is 1. The minimum atomic E-state index is 0.631. The van der Waals surface area contributed by atoms with Gasteiger partial charge in [-0.15, -0.1) is 11.3 Å². The van der Waals surface area contributed by atoms with Crippen LogP contribution < -0.4 is 5.32 Å². The number of rotatable bonds is 5. The zero-order valence-corrected chi connectivity index (χ0v) is 11.4. The van der Waals surface area contributed by atoms with E-state index in [4.69, 9.17) is 0 Å². The lowest BCUT2D eigenvalue weighted by Gasteiger charge is -2.28. The first kappa shape index (κ1) is 12.1. The molecule has 1 aliphatic rings. The smallest absolute Gasteiger partial charge is 0.0900 e. The monoisotopic (exact) mass is 238 g/mol. The molecule has 0 spiro atoms. The Morgan fingerprint density at radius 3 is 2.69 bits per heavy atom. The first-order valence-corrected chi connectivity index (χ1v) is 7.13. The van der Waals surface area contributed by atoms with Crippen molar-refractivity contribution in [2.24, 2.45) is 5.92 Å². The van der Waals surface area contributed by atoms with E-state index in [1.807, 2.05) is 0 Å². The van der Waals surface area contributed by atoms with Crippen molar-refractivity contribution in [2.45, 2.75) is 59.0 Å². The Kier molecular flexibility index (Phi) is 3.98. The fourth-order valence-electron chi connectivity index (χ4n) is 2.32. The minimum Gasteiger partial charge on any atom is -0.309 e. The number of nitrogens with one attached hydrogen (secondary N) is 1. The van der Waals surface area contributed by atoms with Gasteiger partial charge in [0, 0.05) is 17.5 Å². The molecule has 0 aromatic carbocycles. The average Bonchev–Trinajstić information content (AvgIpc) is 2.48. The summed E-state index contributed by atoms with van der Waals surface area (Å²) in [7, 11) is 0. The molecule has 90 valence electrons. The van der Waals surface area contributed by atoms with Crippen molar-refractivity contribution in [3.63, 3.8) is 0 Å².